The first kappa shape index (κ1) is 25.3. The van der Waals surface area contributed by atoms with Crippen LogP contribution in [0.2, 0.25) is 0 Å². The first-order valence-corrected chi connectivity index (χ1v) is 12.5. The van der Waals surface area contributed by atoms with E-state index in [1.807, 2.05) is 18.2 Å². The zero-order chi connectivity index (χ0) is 25.0. The molecule has 0 N–H and O–H groups in total. The number of carbonyl (C=O) groups is 1. The minimum atomic E-state index is -4.33. The Bertz CT molecular complexity index is 1160. The number of thiophene rings is 1. The van der Waals surface area contributed by atoms with E-state index >= 15 is 0 Å². The van der Waals surface area contributed by atoms with Crippen molar-refractivity contribution in [2.75, 3.05) is 26.3 Å². The molecule has 0 fully saturated rings. The fraction of sp³-hybridized carbons (Fsp3) is 0.370. The summed E-state index contributed by atoms with van der Waals surface area (Å²) < 4.78 is 49.1. The highest BCUT2D eigenvalue weighted by Gasteiger charge is 2.30. The lowest BCUT2D eigenvalue weighted by molar-refractivity contribution is -0.145. The maximum atomic E-state index is 12.9. The molecule has 1 unspecified atom stereocenters. The van der Waals surface area contributed by atoms with E-state index in [0.29, 0.717) is 12.4 Å². The van der Waals surface area contributed by atoms with E-state index in [2.05, 4.69) is 24.0 Å². The third-order valence-electron chi connectivity index (χ3n) is 6.26. The van der Waals surface area contributed by atoms with Crippen molar-refractivity contribution in [1.29, 1.82) is 0 Å². The van der Waals surface area contributed by atoms with Gasteiger partial charge in [0.2, 0.25) is 0 Å². The SMILES string of the molecule is CCOC(=O)COc1ccc2c(c1)CCN(C(C)c1ccc(-c3ccc(C(F)(F)F)cc3)s1)CC2. The van der Waals surface area contributed by atoms with E-state index in [9.17, 15) is 18.0 Å². The molecule has 0 radical (unpaired) electrons. The van der Waals surface area contributed by atoms with Crippen molar-refractivity contribution < 1.29 is 27.4 Å². The molecule has 8 heteroatoms. The molecule has 35 heavy (non-hydrogen) atoms. The second kappa shape index (κ2) is 10.8. The maximum Gasteiger partial charge on any atom is 0.416 e. The molecule has 0 amide bonds. The summed E-state index contributed by atoms with van der Waals surface area (Å²) in [4.78, 5) is 16.1. The van der Waals surface area contributed by atoms with Gasteiger partial charge < -0.3 is 9.47 Å². The minimum Gasteiger partial charge on any atom is -0.482 e. The average molecular weight is 504 g/mol. The van der Waals surface area contributed by atoms with Gasteiger partial charge in [-0.15, -0.1) is 11.3 Å². The van der Waals surface area contributed by atoms with Crippen molar-refractivity contribution in [3.05, 3.63) is 76.2 Å². The summed E-state index contributed by atoms with van der Waals surface area (Å²) in [6.45, 7) is 5.95. The topological polar surface area (TPSA) is 38.8 Å². The highest BCUT2D eigenvalue weighted by Crippen LogP contribution is 2.36. The van der Waals surface area contributed by atoms with Gasteiger partial charge in [-0.05, 0) is 79.8 Å². The van der Waals surface area contributed by atoms with E-state index < -0.39 is 11.7 Å². The van der Waals surface area contributed by atoms with Gasteiger partial charge in [-0.2, -0.15) is 13.2 Å². The second-order valence-electron chi connectivity index (χ2n) is 8.51. The number of alkyl halides is 3. The fourth-order valence-electron chi connectivity index (χ4n) is 4.28. The smallest absolute Gasteiger partial charge is 0.416 e. The van der Waals surface area contributed by atoms with Crippen LogP contribution in [0.5, 0.6) is 5.75 Å². The Morgan fingerprint density at radius 1 is 1.03 bits per heavy atom. The van der Waals surface area contributed by atoms with Crippen LogP contribution >= 0.6 is 11.3 Å². The molecule has 4 rings (SSSR count). The lowest BCUT2D eigenvalue weighted by Gasteiger charge is -2.26. The van der Waals surface area contributed by atoms with Crippen molar-refractivity contribution in [3.8, 4) is 16.2 Å². The van der Waals surface area contributed by atoms with Crippen LogP contribution in [-0.2, 0) is 28.5 Å². The Balaban J connectivity index is 1.39. The molecule has 2 heterocycles. The molecular weight excluding hydrogens is 475 g/mol. The Morgan fingerprint density at radius 2 is 1.74 bits per heavy atom. The molecule has 1 aliphatic rings. The number of hydrogen-bond acceptors (Lipinski definition) is 5. The number of carbonyl (C=O) groups excluding carboxylic acids is 1. The van der Waals surface area contributed by atoms with Gasteiger partial charge >= 0.3 is 12.1 Å². The van der Waals surface area contributed by atoms with E-state index in [1.54, 1.807) is 18.3 Å². The summed E-state index contributed by atoms with van der Waals surface area (Å²) in [5.74, 6) is 0.284. The van der Waals surface area contributed by atoms with Crippen molar-refractivity contribution in [1.82, 2.24) is 4.90 Å². The number of esters is 1. The van der Waals surface area contributed by atoms with E-state index in [1.165, 1.54) is 28.1 Å². The molecular formula is C27H28F3NO3S. The molecule has 0 saturated carbocycles. The van der Waals surface area contributed by atoms with Gasteiger partial charge in [0.15, 0.2) is 6.61 Å². The standard InChI is InChI=1S/C27H28F3NO3S/c1-3-33-26(32)17-34-23-9-6-19-12-14-31(15-13-21(19)16-23)18(2)24-10-11-25(35-24)20-4-7-22(8-5-20)27(28,29)30/h4-11,16,18H,3,12-15,17H2,1-2H3. The summed E-state index contributed by atoms with van der Waals surface area (Å²) >= 11 is 1.62. The molecule has 3 aromatic rings. The zero-order valence-corrected chi connectivity index (χ0v) is 20.5. The van der Waals surface area contributed by atoms with Gasteiger partial charge in [0.05, 0.1) is 12.2 Å². The highest BCUT2D eigenvalue weighted by molar-refractivity contribution is 7.15. The molecule has 2 aromatic carbocycles. The van der Waals surface area contributed by atoms with Crippen molar-refractivity contribution in [2.24, 2.45) is 0 Å². The number of halogens is 3. The van der Waals surface area contributed by atoms with Crippen LogP contribution in [0.3, 0.4) is 0 Å². The largest absolute Gasteiger partial charge is 0.482 e. The van der Waals surface area contributed by atoms with Crippen molar-refractivity contribution >= 4 is 17.3 Å². The first-order chi connectivity index (χ1) is 16.7. The number of nitrogens with zero attached hydrogens (tertiary/aromatic N) is 1. The Hall–Kier alpha value is -2.84. The highest BCUT2D eigenvalue weighted by atomic mass is 32.1. The molecule has 1 atom stereocenters. The van der Waals surface area contributed by atoms with Crippen LogP contribution in [0.1, 0.15) is 41.5 Å². The summed E-state index contributed by atoms with van der Waals surface area (Å²) in [7, 11) is 0. The zero-order valence-electron chi connectivity index (χ0n) is 19.7. The monoisotopic (exact) mass is 503 g/mol. The third kappa shape index (κ3) is 6.24. The molecule has 4 nitrogen and oxygen atoms in total. The van der Waals surface area contributed by atoms with E-state index in [-0.39, 0.29) is 18.6 Å². The second-order valence-corrected chi connectivity index (χ2v) is 9.63. The first-order valence-electron chi connectivity index (χ1n) is 11.7. The average Bonchev–Trinajstić information content (AvgIpc) is 3.23. The Morgan fingerprint density at radius 3 is 2.43 bits per heavy atom. The van der Waals surface area contributed by atoms with Crippen LogP contribution in [-0.4, -0.2) is 37.2 Å². The fourth-order valence-corrected chi connectivity index (χ4v) is 5.38. The quantitative estimate of drug-likeness (QED) is 0.343. The number of rotatable bonds is 7. The summed E-state index contributed by atoms with van der Waals surface area (Å²) in [5.41, 5.74) is 2.66. The number of fused-ring (bicyclic) bond motifs is 1. The van der Waals surface area contributed by atoms with Crippen LogP contribution in [0.25, 0.3) is 10.4 Å². The van der Waals surface area contributed by atoms with Crippen LogP contribution in [0, 0.1) is 0 Å². The summed E-state index contributed by atoms with van der Waals surface area (Å²) in [6, 6.07) is 15.6. The lowest BCUT2D eigenvalue weighted by atomic mass is 10.0. The van der Waals surface area contributed by atoms with Crippen molar-refractivity contribution in [2.45, 2.75) is 38.9 Å². The van der Waals surface area contributed by atoms with Crippen LogP contribution < -0.4 is 4.74 Å². The number of hydrogen-bond donors (Lipinski definition) is 0. The van der Waals surface area contributed by atoms with Gasteiger partial charge in [0.1, 0.15) is 5.75 Å². The van der Waals surface area contributed by atoms with Crippen molar-refractivity contribution in [3.63, 3.8) is 0 Å². The molecule has 0 bridgehead atoms. The van der Waals surface area contributed by atoms with Crippen LogP contribution in [0.4, 0.5) is 13.2 Å². The molecule has 0 spiro atoms. The molecule has 186 valence electrons. The Labute approximate surface area is 207 Å². The summed E-state index contributed by atoms with van der Waals surface area (Å²) in [6.07, 6.45) is -2.55. The van der Waals surface area contributed by atoms with Gasteiger partial charge in [-0.1, -0.05) is 18.2 Å². The number of ether oxygens (including phenoxy) is 2. The van der Waals surface area contributed by atoms with E-state index in [4.69, 9.17) is 9.47 Å². The summed E-state index contributed by atoms with van der Waals surface area (Å²) in [5, 5.41) is 0. The molecule has 1 aliphatic heterocycles. The molecule has 1 aromatic heterocycles. The normalized spacial score (nSPS) is 15.2. The Kier molecular flexibility index (Phi) is 7.82. The molecule has 0 aliphatic carbocycles. The van der Waals surface area contributed by atoms with Gasteiger partial charge in [-0.25, -0.2) is 4.79 Å². The lowest BCUT2D eigenvalue weighted by Crippen LogP contribution is -2.29. The van der Waals surface area contributed by atoms with Gasteiger partial charge in [-0.3, -0.25) is 4.90 Å². The third-order valence-corrected chi connectivity index (χ3v) is 7.56. The van der Waals surface area contributed by atoms with E-state index in [0.717, 1.165) is 48.5 Å². The molecule has 0 saturated heterocycles. The van der Waals surface area contributed by atoms with Crippen LogP contribution in [0.15, 0.2) is 54.6 Å². The minimum absolute atomic E-state index is 0.102. The van der Waals surface area contributed by atoms with Gasteiger partial charge in [0, 0.05) is 28.9 Å². The predicted octanol–water partition coefficient (Wildman–Crippen LogP) is 6.54. The predicted molar refractivity (Wildman–Crippen MR) is 131 cm³/mol. The van der Waals surface area contributed by atoms with Gasteiger partial charge in [0.25, 0.3) is 0 Å². The number of benzene rings is 2. The maximum absolute atomic E-state index is 12.9.